The Hall–Kier alpha value is -2.86. The van der Waals surface area contributed by atoms with Crippen molar-refractivity contribution in [2.24, 2.45) is 5.41 Å². The van der Waals surface area contributed by atoms with Crippen LogP contribution >= 0.6 is 0 Å². The number of hydrogen-bond donors (Lipinski definition) is 1. The number of carboxylic acids is 1. The molecule has 2 aromatic carbocycles. The molecular formula is C27H31FN2O3. The predicted molar refractivity (Wildman–Crippen MR) is 127 cm³/mol. The van der Waals surface area contributed by atoms with Gasteiger partial charge in [-0.05, 0) is 66.1 Å². The van der Waals surface area contributed by atoms with Crippen molar-refractivity contribution < 1.29 is 19.0 Å². The number of aromatic carboxylic acids is 1. The van der Waals surface area contributed by atoms with Crippen molar-refractivity contribution in [2.75, 3.05) is 37.7 Å². The molecule has 1 fully saturated rings. The average Bonchev–Trinajstić information content (AvgIpc) is 2.79. The monoisotopic (exact) mass is 450 g/mol. The summed E-state index contributed by atoms with van der Waals surface area (Å²) in [6, 6.07) is 12.4. The summed E-state index contributed by atoms with van der Waals surface area (Å²) in [5.74, 6) is -0.467. The molecule has 2 heterocycles. The van der Waals surface area contributed by atoms with Crippen molar-refractivity contribution in [1.29, 1.82) is 0 Å². The number of benzene rings is 2. The van der Waals surface area contributed by atoms with E-state index in [1.165, 1.54) is 11.1 Å². The van der Waals surface area contributed by atoms with E-state index >= 15 is 0 Å². The van der Waals surface area contributed by atoms with Gasteiger partial charge in [-0.2, -0.15) is 0 Å². The van der Waals surface area contributed by atoms with Crippen LogP contribution in [0.4, 0.5) is 10.1 Å². The molecule has 0 amide bonds. The lowest BCUT2D eigenvalue weighted by Gasteiger charge is -2.46. The number of carboxylic acid groups (broad SMARTS) is 1. The standard InChI is InChI=1S/C27H31FN2O3/c1-27(2)10-9-23(18-3-6-21(28)7-4-18)20(14-27)15-29-11-12-30-22(16-29)17-33-25-13-19(26(31)32)5-8-24(25)30/h3-8,13,22H,9-12,14-17H2,1-2H3,(H,31,32)/t22-/m0/s1. The van der Waals surface area contributed by atoms with Gasteiger partial charge < -0.3 is 14.7 Å². The van der Waals surface area contributed by atoms with E-state index in [4.69, 9.17) is 4.74 Å². The van der Waals surface area contributed by atoms with Gasteiger partial charge in [0.1, 0.15) is 18.2 Å². The quantitative estimate of drug-likeness (QED) is 0.705. The molecule has 174 valence electrons. The van der Waals surface area contributed by atoms with Gasteiger partial charge in [-0.15, -0.1) is 0 Å². The highest BCUT2D eigenvalue weighted by Gasteiger charge is 2.35. The first-order valence-corrected chi connectivity index (χ1v) is 11.7. The lowest BCUT2D eigenvalue weighted by molar-refractivity contribution is 0.0696. The maximum atomic E-state index is 13.5. The topological polar surface area (TPSA) is 53.0 Å². The Morgan fingerprint density at radius 1 is 1.18 bits per heavy atom. The Bertz CT molecular complexity index is 1090. The van der Waals surface area contributed by atoms with Gasteiger partial charge in [-0.25, -0.2) is 9.18 Å². The van der Waals surface area contributed by atoms with Gasteiger partial charge in [0.05, 0.1) is 17.3 Å². The maximum absolute atomic E-state index is 13.5. The normalized spacial score (nSPS) is 22.4. The number of allylic oxidation sites excluding steroid dienone is 1. The minimum Gasteiger partial charge on any atom is -0.489 e. The summed E-state index contributed by atoms with van der Waals surface area (Å²) < 4.78 is 19.5. The van der Waals surface area contributed by atoms with Crippen LogP contribution in [0.25, 0.3) is 5.57 Å². The molecule has 1 aliphatic carbocycles. The van der Waals surface area contributed by atoms with Crippen LogP contribution in [0, 0.1) is 11.2 Å². The fraction of sp³-hybridized carbons (Fsp3) is 0.444. The Kier molecular flexibility index (Phi) is 5.65. The van der Waals surface area contributed by atoms with E-state index in [-0.39, 0.29) is 22.8 Å². The van der Waals surface area contributed by atoms with E-state index in [0.717, 1.165) is 56.7 Å². The zero-order valence-electron chi connectivity index (χ0n) is 19.3. The van der Waals surface area contributed by atoms with Crippen LogP contribution in [0.5, 0.6) is 5.75 Å². The Balaban J connectivity index is 1.35. The van der Waals surface area contributed by atoms with Gasteiger partial charge in [0.2, 0.25) is 0 Å². The molecule has 1 atom stereocenters. The summed E-state index contributed by atoms with van der Waals surface area (Å²) in [4.78, 5) is 16.2. The van der Waals surface area contributed by atoms with E-state index < -0.39 is 5.97 Å². The van der Waals surface area contributed by atoms with E-state index in [2.05, 4.69) is 23.6 Å². The van der Waals surface area contributed by atoms with E-state index in [1.54, 1.807) is 24.3 Å². The first kappa shape index (κ1) is 22.0. The number of hydrogen-bond acceptors (Lipinski definition) is 4. The molecule has 1 N–H and O–H groups in total. The summed E-state index contributed by atoms with van der Waals surface area (Å²) in [6.07, 6.45) is 3.23. The first-order valence-electron chi connectivity index (χ1n) is 11.7. The second-order valence-electron chi connectivity index (χ2n) is 10.3. The SMILES string of the molecule is CC1(C)CCC(c2ccc(F)cc2)=C(CN2CCN3c4ccc(C(=O)O)cc4OC[C@@H]3C2)C1. The van der Waals surface area contributed by atoms with Crippen molar-refractivity contribution in [3.05, 3.63) is 65.0 Å². The lowest BCUT2D eigenvalue weighted by Crippen LogP contribution is -2.57. The number of halogens is 1. The first-order chi connectivity index (χ1) is 15.8. The molecule has 0 saturated carbocycles. The number of piperazine rings is 1. The zero-order valence-corrected chi connectivity index (χ0v) is 19.3. The molecule has 0 spiro atoms. The molecular weight excluding hydrogens is 419 g/mol. The van der Waals surface area contributed by atoms with Crippen molar-refractivity contribution in [2.45, 2.75) is 39.2 Å². The minimum absolute atomic E-state index is 0.193. The van der Waals surface area contributed by atoms with Crippen LogP contribution < -0.4 is 9.64 Å². The summed E-state index contributed by atoms with van der Waals surface area (Å²) in [5.41, 5.74) is 5.50. The highest BCUT2D eigenvalue weighted by Crippen LogP contribution is 2.43. The third-order valence-electron chi connectivity index (χ3n) is 7.29. The van der Waals surface area contributed by atoms with Crippen LogP contribution in [-0.2, 0) is 0 Å². The van der Waals surface area contributed by atoms with E-state index in [1.807, 2.05) is 18.2 Å². The molecule has 0 unspecified atom stereocenters. The van der Waals surface area contributed by atoms with Gasteiger partial charge in [-0.3, -0.25) is 4.90 Å². The zero-order chi connectivity index (χ0) is 23.2. The summed E-state index contributed by atoms with van der Waals surface area (Å²) in [6.45, 7) is 8.88. The predicted octanol–water partition coefficient (Wildman–Crippen LogP) is 5.07. The summed E-state index contributed by atoms with van der Waals surface area (Å²) in [5, 5.41) is 9.26. The van der Waals surface area contributed by atoms with Crippen LogP contribution in [0.2, 0.25) is 0 Å². The van der Waals surface area contributed by atoms with Crippen molar-refractivity contribution >= 4 is 17.2 Å². The number of ether oxygens (including phenoxy) is 1. The number of anilines is 1. The summed E-state index contributed by atoms with van der Waals surface area (Å²) >= 11 is 0. The van der Waals surface area contributed by atoms with Crippen molar-refractivity contribution in [3.63, 3.8) is 0 Å². The molecule has 0 radical (unpaired) electrons. The Labute approximate surface area is 194 Å². The molecule has 33 heavy (non-hydrogen) atoms. The largest absolute Gasteiger partial charge is 0.489 e. The highest BCUT2D eigenvalue weighted by atomic mass is 19.1. The molecule has 2 aliphatic heterocycles. The average molecular weight is 451 g/mol. The van der Waals surface area contributed by atoms with Gasteiger partial charge >= 0.3 is 5.97 Å². The molecule has 0 bridgehead atoms. The third-order valence-corrected chi connectivity index (χ3v) is 7.29. The molecule has 1 saturated heterocycles. The number of carbonyl (C=O) groups is 1. The van der Waals surface area contributed by atoms with Gasteiger partial charge in [0.25, 0.3) is 0 Å². The van der Waals surface area contributed by atoms with Gasteiger partial charge in [-0.1, -0.05) is 31.6 Å². The van der Waals surface area contributed by atoms with E-state index in [0.29, 0.717) is 12.4 Å². The second kappa shape index (κ2) is 8.49. The van der Waals surface area contributed by atoms with Crippen molar-refractivity contribution in [1.82, 2.24) is 4.90 Å². The van der Waals surface area contributed by atoms with Crippen LogP contribution in [0.15, 0.2) is 48.0 Å². The van der Waals surface area contributed by atoms with Crippen LogP contribution in [0.1, 0.15) is 49.0 Å². The second-order valence-corrected chi connectivity index (χ2v) is 10.3. The maximum Gasteiger partial charge on any atom is 0.335 e. The molecule has 2 aromatic rings. The smallest absolute Gasteiger partial charge is 0.335 e. The molecule has 0 aromatic heterocycles. The minimum atomic E-state index is -0.936. The fourth-order valence-electron chi connectivity index (χ4n) is 5.54. The van der Waals surface area contributed by atoms with E-state index in [9.17, 15) is 14.3 Å². The van der Waals surface area contributed by atoms with Crippen molar-refractivity contribution in [3.8, 4) is 5.75 Å². The molecule has 5 rings (SSSR count). The van der Waals surface area contributed by atoms with Gasteiger partial charge in [0, 0.05) is 26.2 Å². The summed E-state index contributed by atoms with van der Waals surface area (Å²) in [7, 11) is 0. The van der Waals surface area contributed by atoms with Gasteiger partial charge in [0.15, 0.2) is 0 Å². The van der Waals surface area contributed by atoms with Crippen LogP contribution in [0.3, 0.4) is 0 Å². The highest BCUT2D eigenvalue weighted by molar-refractivity contribution is 5.89. The lowest BCUT2D eigenvalue weighted by atomic mass is 9.72. The molecule has 5 nitrogen and oxygen atoms in total. The third kappa shape index (κ3) is 4.49. The Morgan fingerprint density at radius 3 is 2.73 bits per heavy atom. The molecule has 3 aliphatic rings. The fourth-order valence-corrected chi connectivity index (χ4v) is 5.54. The number of rotatable bonds is 4. The van der Waals surface area contributed by atoms with Crippen LogP contribution in [-0.4, -0.2) is 54.8 Å². The number of fused-ring (bicyclic) bond motifs is 3. The Morgan fingerprint density at radius 2 is 1.97 bits per heavy atom. The number of nitrogens with zero attached hydrogens (tertiary/aromatic N) is 2. The molecule has 6 heteroatoms.